The molecule has 130 valence electrons. The van der Waals surface area contributed by atoms with E-state index in [1.165, 1.54) is 0 Å². The predicted molar refractivity (Wildman–Crippen MR) is 83.8 cm³/mol. The lowest BCUT2D eigenvalue weighted by molar-refractivity contribution is 0.0706. The molecule has 1 atom stereocenters. The Balaban J connectivity index is 2.18. The molecule has 7 nitrogen and oxygen atoms in total. The predicted octanol–water partition coefficient (Wildman–Crippen LogP) is 1.94. The number of carbonyl (C=O) groups is 1. The van der Waals surface area contributed by atoms with Crippen LogP contribution in [0, 0.1) is 0 Å². The van der Waals surface area contributed by atoms with Gasteiger partial charge in [-0.05, 0) is 27.2 Å². The van der Waals surface area contributed by atoms with Crippen LogP contribution in [-0.2, 0) is 22.8 Å². The first-order valence-corrected chi connectivity index (χ1v) is 10.0. The van der Waals surface area contributed by atoms with Gasteiger partial charge in [0.25, 0.3) is 0 Å². The molecule has 1 rings (SSSR count). The van der Waals surface area contributed by atoms with Crippen LogP contribution in [0.1, 0.15) is 33.6 Å². The van der Waals surface area contributed by atoms with E-state index in [1.807, 2.05) is 20.8 Å². The third kappa shape index (κ3) is 8.09. The van der Waals surface area contributed by atoms with Gasteiger partial charge in [-0.1, -0.05) is 0 Å². The standard InChI is InChI=1S/C14H29NO6Si/c1-4-19-22(20-5-2,21-6-3)11-7-9-15-14(16)17-10-8-13-12-18-13/h13H,4-12H2,1-3H3,(H,15,16). The van der Waals surface area contributed by atoms with Gasteiger partial charge in [0.05, 0.1) is 19.3 Å². The van der Waals surface area contributed by atoms with E-state index in [4.69, 9.17) is 22.8 Å². The number of nitrogens with one attached hydrogen (secondary N) is 1. The molecule has 1 aliphatic rings. The Labute approximate surface area is 134 Å². The van der Waals surface area contributed by atoms with Gasteiger partial charge < -0.3 is 28.1 Å². The molecule has 0 radical (unpaired) electrons. The van der Waals surface area contributed by atoms with E-state index in [0.717, 1.165) is 19.4 Å². The lowest BCUT2D eigenvalue weighted by atomic mass is 10.4. The van der Waals surface area contributed by atoms with E-state index >= 15 is 0 Å². The van der Waals surface area contributed by atoms with Gasteiger partial charge in [0, 0.05) is 38.8 Å². The summed E-state index contributed by atoms with van der Waals surface area (Å²) in [6.45, 7) is 9.16. The third-order valence-electron chi connectivity index (χ3n) is 3.10. The summed E-state index contributed by atoms with van der Waals surface area (Å²) < 4.78 is 27.4. The maximum atomic E-state index is 11.5. The summed E-state index contributed by atoms with van der Waals surface area (Å²) in [5.41, 5.74) is 0. The van der Waals surface area contributed by atoms with Crippen molar-refractivity contribution in [3.63, 3.8) is 0 Å². The Bertz CT molecular complexity index is 297. The summed E-state index contributed by atoms with van der Waals surface area (Å²) in [4.78, 5) is 11.5. The zero-order valence-electron chi connectivity index (χ0n) is 13.9. The lowest BCUT2D eigenvalue weighted by Crippen LogP contribution is -2.46. The van der Waals surface area contributed by atoms with Crippen molar-refractivity contribution in [2.75, 3.05) is 39.6 Å². The molecule has 0 aromatic heterocycles. The van der Waals surface area contributed by atoms with Gasteiger partial charge >= 0.3 is 14.9 Å². The first-order valence-electron chi connectivity index (χ1n) is 8.09. The summed E-state index contributed by atoms with van der Waals surface area (Å²) in [6, 6.07) is 0.679. The van der Waals surface area contributed by atoms with Crippen molar-refractivity contribution in [3.8, 4) is 0 Å². The van der Waals surface area contributed by atoms with E-state index in [0.29, 0.717) is 39.0 Å². The zero-order valence-corrected chi connectivity index (χ0v) is 14.9. The largest absolute Gasteiger partial charge is 0.500 e. The fourth-order valence-electron chi connectivity index (χ4n) is 2.07. The number of hydrogen-bond donors (Lipinski definition) is 1. The molecule has 1 amide bonds. The van der Waals surface area contributed by atoms with Crippen molar-refractivity contribution < 1.29 is 27.5 Å². The van der Waals surface area contributed by atoms with Crippen molar-refractivity contribution in [3.05, 3.63) is 0 Å². The summed E-state index contributed by atoms with van der Waals surface area (Å²) in [7, 11) is -2.61. The molecule has 0 bridgehead atoms. The molecule has 22 heavy (non-hydrogen) atoms. The third-order valence-corrected chi connectivity index (χ3v) is 6.25. The number of ether oxygens (including phenoxy) is 2. The quantitative estimate of drug-likeness (QED) is 0.315. The molecule has 0 aromatic carbocycles. The van der Waals surface area contributed by atoms with Crippen LogP contribution in [0.3, 0.4) is 0 Å². The minimum atomic E-state index is -2.61. The molecule has 0 aromatic rings. The lowest BCUT2D eigenvalue weighted by Gasteiger charge is -2.28. The van der Waals surface area contributed by atoms with Gasteiger partial charge in [0.1, 0.15) is 0 Å². The van der Waals surface area contributed by atoms with Crippen LogP contribution in [0.4, 0.5) is 4.79 Å². The number of rotatable bonds is 13. The van der Waals surface area contributed by atoms with Crippen LogP contribution in [0.2, 0.25) is 6.04 Å². The van der Waals surface area contributed by atoms with Gasteiger partial charge in [-0.25, -0.2) is 4.79 Å². The maximum Gasteiger partial charge on any atom is 0.500 e. The van der Waals surface area contributed by atoms with E-state index in [-0.39, 0.29) is 6.10 Å². The molecule has 1 aliphatic heterocycles. The number of amides is 1. The molecule has 0 aliphatic carbocycles. The summed E-state index contributed by atoms with van der Waals surface area (Å²) in [5.74, 6) is 0. The number of hydrogen-bond acceptors (Lipinski definition) is 6. The smallest absolute Gasteiger partial charge is 0.449 e. The Morgan fingerprint density at radius 3 is 2.27 bits per heavy atom. The Morgan fingerprint density at radius 2 is 1.77 bits per heavy atom. The highest BCUT2D eigenvalue weighted by atomic mass is 28.4. The fourth-order valence-corrected chi connectivity index (χ4v) is 4.68. The van der Waals surface area contributed by atoms with Gasteiger partial charge in [-0.3, -0.25) is 0 Å². The van der Waals surface area contributed by atoms with E-state index in [2.05, 4.69) is 5.32 Å². The highest BCUT2D eigenvalue weighted by molar-refractivity contribution is 6.60. The SMILES string of the molecule is CCO[Si](CCCNC(=O)OCCC1CO1)(OCC)OCC. The molecule has 1 heterocycles. The fraction of sp³-hybridized carbons (Fsp3) is 0.929. The van der Waals surface area contributed by atoms with Gasteiger partial charge in [-0.2, -0.15) is 0 Å². The van der Waals surface area contributed by atoms with Crippen LogP contribution in [-0.4, -0.2) is 60.6 Å². The van der Waals surface area contributed by atoms with Crippen molar-refractivity contribution in [2.45, 2.75) is 45.8 Å². The molecule has 1 saturated heterocycles. The van der Waals surface area contributed by atoms with Gasteiger partial charge in [-0.15, -0.1) is 0 Å². The number of alkyl carbamates (subject to hydrolysis) is 1. The van der Waals surface area contributed by atoms with E-state index in [9.17, 15) is 4.79 Å². The minimum absolute atomic E-state index is 0.281. The van der Waals surface area contributed by atoms with Crippen LogP contribution >= 0.6 is 0 Å². The molecule has 1 N–H and O–H groups in total. The van der Waals surface area contributed by atoms with Gasteiger partial charge in [0.2, 0.25) is 0 Å². The number of epoxide rings is 1. The highest BCUT2D eigenvalue weighted by Crippen LogP contribution is 2.17. The van der Waals surface area contributed by atoms with Crippen LogP contribution in [0.15, 0.2) is 0 Å². The molecular formula is C14H29NO6Si. The van der Waals surface area contributed by atoms with Crippen molar-refractivity contribution in [1.29, 1.82) is 0 Å². The molecule has 0 saturated carbocycles. The number of carbonyl (C=O) groups excluding carboxylic acids is 1. The van der Waals surface area contributed by atoms with E-state index in [1.54, 1.807) is 0 Å². The maximum absolute atomic E-state index is 11.5. The monoisotopic (exact) mass is 335 g/mol. The van der Waals surface area contributed by atoms with Gasteiger partial charge in [0.15, 0.2) is 0 Å². The second-order valence-corrected chi connectivity index (χ2v) is 7.62. The normalized spacial score (nSPS) is 17.3. The van der Waals surface area contributed by atoms with Crippen LogP contribution in [0.25, 0.3) is 0 Å². The van der Waals surface area contributed by atoms with Crippen molar-refractivity contribution in [1.82, 2.24) is 5.32 Å². The van der Waals surface area contributed by atoms with E-state index < -0.39 is 14.9 Å². The van der Waals surface area contributed by atoms with Crippen molar-refractivity contribution >= 4 is 14.9 Å². The topological polar surface area (TPSA) is 78.6 Å². The molecule has 1 unspecified atom stereocenters. The molecule has 0 spiro atoms. The molecule has 1 fully saturated rings. The summed E-state index contributed by atoms with van der Waals surface area (Å²) >= 11 is 0. The Kier molecular flexibility index (Phi) is 9.65. The summed E-state index contributed by atoms with van der Waals surface area (Å²) in [6.07, 6.45) is 1.38. The molecule has 8 heteroatoms. The van der Waals surface area contributed by atoms with Crippen LogP contribution in [0.5, 0.6) is 0 Å². The first kappa shape index (κ1) is 19.4. The van der Waals surface area contributed by atoms with Crippen molar-refractivity contribution in [2.24, 2.45) is 0 Å². The first-order chi connectivity index (χ1) is 10.7. The molecular weight excluding hydrogens is 306 g/mol. The average molecular weight is 335 g/mol. The Hall–Kier alpha value is -0.673. The second kappa shape index (κ2) is 11.0. The van der Waals surface area contributed by atoms with Crippen LogP contribution < -0.4 is 5.32 Å². The Morgan fingerprint density at radius 1 is 1.18 bits per heavy atom. The minimum Gasteiger partial charge on any atom is -0.449 e. The average Bonchev–Trinajstić information content (AvgIpc) is 3.29. The zero-order chi connectivity index (χ0) is 16.3. The highest BCUT2D eigenvalue weighted by Gasteiger charge is 2.39. The second-order valence-electron chi connectivity index (χ2n) is 4.89. The summed E-state index contributed by atoms with van der Waals surface area (Å²) in [5, 5.41) is 2.73.